The topological polar surface area (TPSA) is 142 Å². The maximum absolute atomic E-state index is 12.2. The minimum Gasteiger partial charge on any atom is -0.475 e. The third-order valence-electron chi connectivity index (χ3n) is 10.3. The van der Waals surface area contributed by atoms with Crippen LogP contribution < -0.4 is 15.8 Å². The second kappa shape index (κ2) is 11.9. The number of nitrogens with one attached hydrogen (secondary N) is 2. The van der Waals surface area contributed by atoms with Crippen LogP contribution in [0.25, 0.3) is 22.3 Å². The van der Waals surface area contributed by atoms with E-state index in [0.29, 0.717) is 35.5 Å². The van der Waals surface area contributed by atoms with Crippen molar-refractivity contribution in [1.82, 2.24) is 30.6 Å². The molecule has 1 aromatic carbocycles. The average Bonchev–Trinajstić information content (AvgIpc) is 3.77. The summed E-state index contributed by atoms with van der Waals surface area (Å²) >= 11 is 0. The van der Waals surface area contributed by atoms with E-state index in [1.807, 2.05) is 18.2 Å². The van der Waals surface area contributed by atoms with Gasteiger partial charge in [0.15, 0.2) is 0 Å². The maximum atomic E-state index is 12.2. The zero-order valence-electron chi connectivity index (χ0n) is 26.3. The molecule has 0 radical (unpaired) electrons. The highest BCUT2D eigenvalue weighted by Gasteiger charge is 2.58. The Bertz CT molecular complexity index is 1780. The lowest BCUT2D eigenvalue weighted by molar-refractivity contribution is -0.154. The second-order valence-electron chi connectivity index (χ2n) is 13.3. The molecule has 3 aromatic heterocycles. The molecule has 4 N–H and O–H groups in total. The number of hydrogen-bond acceptors (Lipinski definition) is 9. The Hall–Kier alpha value is -4.08. The predicted octanol–water partition coefficient (Wildman–Crippen LogP) is 5.72. The van der Waals surface area contributed by atoms with Crippen molar-refractivity contribution in [3.8, 4) is 23.3 Å². The summed E-state index contributed by atoms with van der Waals surface area (Å²) in [7, 11) is 2.14. The maximum Gasteiger partial charge on any atom is 0.251 e. The predicted molar refractivity (Wildman–Crippen MR) is 170 cm³/mol. The van der Waals surface area contributed by atoms with Crippen LogP contribution in [0.3, 0.4) is 0 Å². The molecular formula is C34H40F2N8O2. The highest BCUT2D eigenvalue weighted by Crippen LogP contribution is 2.50. The number of aryl methyl sites for hydroxylation is 1. The van der Waals surface area contributed by atoms with Gasteiger partial charge in [-0.05, 0) is 88.3 Å². The van der Waals surface area contributed by atoms with E-state index in [4.69, 9.17) is 20.0 Å². The third-order valence-corrected chi connectivity index (χ3v) is 10.3. The first-order valence-corrected chi connectivity index (χ1v) is 16.3. The van der Waals surface area contributed by atoms with Crippen molar-refractivity contribution in [2.75, 3.05) is 32.5 Å². The fourth-order valence-corrected chi connectivity index (χ4v) is 7.67. The van der Waals surface area contributed by atoms with Gasteiger partial charge in [0, 0.05) is 41.6 Å². The highest BCUT2D eigenvalue weighted by atomic mass is 19.3. The summed E-state index contributed by atoms with van der Waals surface area (Å²) in [4.78, 5) is 7.23. The zero-order valence-corrected chi connectivity index (χ0v) is 26.3. The summed E-state index contributed by atoms with van der Waals surface area (Å²) in [6.45, 7) is 4.70. The standard InChI is InChI=1S/C28H31N7O2.C6H9F2N/c1-3-16-9-10-22(30)20(13-29)25(16)18-7-4-8-19-26(34-37-27(18)19)24-12-23-21(14-31-33-23)28(32-24)36-15-17-6-5-11-35(17)2;7-6(8)3-5(4-6)1-2-9-5/h9-10,12,14,17-18H,3-8,11,15,30H2,1-2H3,(H,31,33);9H,1-4H2. The number of hydrogen-bond donors (Lipinski definition) is 3. The number of rotatable bonds is 6. The lowest BCUT2D eigenvalue weighted by atomic mass is 9.67. The van der Waals surface area contributed by atoms with E-state index in [2.05, 4.69) is 45.6 Å². The number of likely N-dealkylation sites (N-methyl/N-ethyl adjacent to an activating group) is 1. The number of aromatic amines is 1. The molecule has 2 aliphatic carbocycles. The molecule has 5 heterocycles. The number of nitriles is 1. The van der Waals surface area contributed by atoms with E-state index < -0.39 is 5.92 Å². The summed E-state index contributed by atoms with van der Waals surface area (Å²) in [5.74, 6) is -1.06. The van der Waals surface area contributed by atoms with Gasteiger partial charge in [-0.2, -0.15) is 10.4 Å². The van der Waals surface area contributed by atoms with E-state index >= 15 is 0 Å². The van der Waals surface area contributed by atoms with Crippen LogP contribution >= 0.6 is 0 Å². The van der Waals surface area contributed by atoms with E-state index in [0.717, 1.165) is 90.7 Å². The van der Waals surface area contributed by atoms with Gasteiger partial charge in [0.2, 0.25) is 5.88 Å². The van der Waals surface area contributed by atoms with Crippen LogP contribution in [0.15, 0.2) is 28.9 Å². The lowest BCUT2D eigenvalue weighted by Crippen LogP contribution is -2.68. The van der Waals surface area contributed by atoms with Gasteiger partial charge in [0.25, 0.3) is 5.92 Å². The van der Waals surface area contributed by atoms with Crippen LogP contribution in [-0.2, 0) is 12.8 Å². The first-order valence-electron chi connectivity index (χ1n) is 16.3. The van der Waals surface area contributed by atoms with Gasteiger partial charge in [-0.1, -0.05) is 18.1 Å². The van der Waals surface area contributed by atoms with Gasteiger partial charge in [-0.15, -0.1) is 0 Å². The molecule has 0 amide bonds. The number of halogens is 2. The molecule has 46 heavy (non-hydrogen) atoms. The van der Waals surface area contributed by atoms with Crippen molar-refractivity contribution in [2.24, 2.45) is 0 Å². The van der Waals surface area contributed by atoms with Gasteiger partial charge in [0.05, 0.1) is 28.4 Å². The zero-order chi connectivity index (χ0) is 32.1. The lowest BCUT2D eigenvalue weighted by Gasteiger charge is -2.54. The first-order chi connectivity index (χ1) is 22.2. The molecule has 1 spiro atoms. The molecule has 1 saturated carbocycles. The summed E-state index contributed by atoms with van der Waals surface area (Å²) in [5, 5.41) is 25.6. The molecule has 2 aliphatic heterocycles. The Balaban J connectivity index is 0.000000321. The van der Waals surface area contributed by atoms with Gasteiger partial charge in [-0.25, -0.2) is 13.8 Å². The monoisotopic (exact) mass is 630 g/mol. The summed E-state index contributed by atoms with van der Waals surface area (Å²) in [5.41, 5.74) is 12.5. The molecule has 12 heteroatoms. The van der Waals surface area contributed by atoms with E-state index in [-0.39, 0.29) is 24.3 Å². The molecule has 2 saturated heterocycles. The number of alkyl halides is 2. The Kier molecular flexibility index (Phi) is 7.93. The average molecular weight is 631 g/mol. The molecule has 10 nitrogen and oxygen atoms in total. The first kappa shape index (κ1) is 30.6. The normalized spacial score (nSPS) is 22.8. The van der Waals surface area contributed by atoms with Crippen molar-refractivity contribution in [2.45, 2.75) is 88.1 Å². The van der Waals surface area contributed by atoms with E-state index in [9.17, 15) is 14.0 Å². The van der Waals surface area contributed by atoms with Crippen LogP contribution in [0.5, 0.6) is 5.88 Å². The van der Waals surface area contributed by atoms with Crippen molar-refractivity contribution < 1.29 is 18.0 Å². The number of benzene rings is 1. The quantitative estimate of drug-likeness (QED) is 0.228. The number of pyridine rings is 1. The highest BCUT2D eigenvalue weighted by molar-refractivity contribution is 5.86. The Morgan fingerprint density at radius 2 is 2.07 bits per heavy atom. The van der Waals surface area contributed by atoms with Crippen LogP contribution in [0.2, 0.25) is 0 Å². The minimum absolute atomic E-state index is 0.0670. The molecule has 242 valence electrons. The molecule has 3 fully saturated rings. The molecule has 4 aliphatic rings. The van der Waals surface area contributed by atoms with E-state index in [1.54, 1.807) is 6.20 Å². The Labute approximate surface area is 266 Å². The van der Waals surface area contributed by atoms with E-state index in [1.165, 1.54) is 6.42 Å². The number of ether oxygens (including phenoxy) is 1. The second-order valence-corrected chi connectivity index (χ2v) is 13.3. The molecule has 4 aromatic rings. The van der Waals surface area contributed by atoms with Crippen LogP contribution in [0.1, 0.15) is 85.8 Å². The number of aromatic nitrogens is 4. The smallest absolute Gasteiger partial charge is 0.251 e. The summed E-state index contributed by atoms with van der Waals surface area (Å²) in [6, 6.07) is 8.53. The van der Waals surface area contributed by atoms with Crippen molar-refractivity contribution in [3.63, 3.8) is 0 Å². The van der Waals surface area contributed by atoms with Crippen molar-refractivity contribution >= 4 is 16.6 Å². The number of nitrogens with zero attached hydrogens (tertiary/aromatic N) is 5. The Morgan fingerprint density at radius 3 is 2.72 bits per heavy atom. The van der Waals surface area contributed by atoms with Gasteiger partial charge in [0.1, 0.15) is 24.1 Å². The number of H-pyrrole nitrogens is 1. The molecule has 2 atom stereocenters. The Morgan fingerprint density at radius 1 is 1.24 bits per heavy atom. The number of fused-ring (bicyclic) bond motifs is 2. The summed E-state index contributed by atoms with van der Waals surface area (Å²) < 4.78 is 36.7. The van der Waals surface area contributed by atoms with Gasteiger partial charge < -0.3 is 25.2 Å². The van der Waals surface area contributed by atoms with Crippen LogP contribution in [0, 0.1) is 11.3 Å². The molecular weight excluding hydrogens is 590 g/mol. The fourth-order valence-electron chi connectivity index (χ4n) is 7.67. The molecule has 0 bridgehead atoms. The van der Waals surface area contributed by atoms with Gasteiger partial charge in [-0.3, -0.25) is 5.10 Å². The van der Waals surface area contributed by atoms with Crippen LogP contribution in [0.4, 0.5) is 14.5 Å². The van der Waals surface area contributed by atoms with Crippen molar-refractivity contribution in [3.05, 3.63) is 52.4 Å². The largest absolute Gasteiger partial charge is 0.475 e. The van der Waals surface area contributed by atoms with Gasteiger partial charge >= 0.3 is 0 Å². The number of anilines is 1. The molecule has 8 rings (SSSR count). The third kappa shape index (κ3) is 5.49. The van der Waals surface area contributed by atoms with Crippen molar-refractivity contribution in [1.29, 1.82) is 5.26 Å². The fraction of sp³-hybridized carbons (Fsp3) is 0.529. The summed E-state index contributed by atoms with van der Waals surface area (Å²) in [6.07, 6.45) is 8.63. The number of likely N-dealkylation sites (tertiary alicyclic amines) is 1. The molecule has 2 unspecified atom stereocenters. The minimum atomic E-state index is -2.35. The SMILES string of the molecule is CCc1ccc(N)c(C#N)c1C1CCCc2c(-c3cc4[nH]ncc4c(OCC4CCCN4C)n3)noc21.FC1(F)CC2(CCN2)C1. The number of nitrogens with two attached hydrogens (primary N) is 1. The van der Waals surface area contributed by atoms with Crippen LogP contribution in [-0.4, -0.2) is 69.5 Å². The number of nitrogen functional groups attached to an aromatic ring is 1.